The van der Waals surface area contributed by atoms with Gasteiger partial charge in [0.05, 0.1) is 0 Å². The van der Waals surface area contributed by atoms with Crippen LogP contribution >= 0.6 is 0 Å². The lowest BCUT2D eigenvalue weighted by Gasteiger charge is -2.56. The molecule has 17 heavy (non-hydrogen) atoms. The van der Waals surface area contributed by atoms with Gasteiger partial charge in [-0.2, -0.15) is 8.78 Å². The van der Waals surface area contributed by atoms with Crippen LogP contribution in [-0.4, -0.2) is 18.2 Å². The number of alkyl halides is 2. The molecule has 3 nitrogen and oxygen atoms in total. The molecule has 0 spiro atoms. The van der Waals surface area contributed by atoms with Crippen molar-refractivity contribution in [3.8, 4) is 0 Å². The Balaban J connectivity index is 1.95. The summed E-state index contributed by atoms with van der Waals surface area (Å²) in [7, 11) is -5.53. The Kier molecular flexibility index (Phi) is 2.37. The van der Waals surface area contributed by atoms with E-state index in [9.17, 15) is 21.8 Å². The first kappa shape index (κ1) is 11.8. The van der Waals surface area contributed by atoms with E-state index < -0.39 is 21.3 Å². The van der Waals surface area contributed by atoms with Crippen molar-refractivity contribution in [2.24, 2.45) is 29.6 Å². The molecule has 4 bridgehead atoms. The quantitative estimate of drug-likeness (QED) is 0.719. The predicted octanol–water partition coefficient (Wildman–Crippen LogP) is 2.20. The molecule has 0 amide bonds. The van der Waals surface area contributed by atoms with Crippen molar-refractivity contribution in [2.45, 2.75) is 37.4 Å². The van der Waals surface area contributed by atoms with Crippen molar-refractivity contribution >= 4 is 10.1 Å². The first-order chi connectivity index (χ1) is 7.79. The van der Waals surface area contributed by atoms with Crippen LogP contribution in [0.4, 0.5) is 8.78 Å². The van der Waals surface area contributed by atoms with Gasteiger partial charge in [-0.15, -0.1) is 0 Å². The highest BCUT2D eigenvalue weighted by Crippen LogP contribution is 2.60. The van der Waals surface area contributed by atoms with E-state index in [-0.39, 0.29) is 11.8 Å². The molecular formula is C11H15F2O3S-. The third kappa shape index (κ3) is 1.63. The average molecular weight is 265 g/mol. The van der Waals surface area contributed by atoms with Gasteiger partial charge in [0.1, 0.15) is 0 Å². The van der Waals surface area contributed by atoms with Crippen LogP contribution in [0.5, 0.6) is 0 Å². The molecule has 0 aromatic rings. The van der Waals surface area contributed by atoms with Gasteiger partial charge in [0.25, 0.3) is 0 Å². The zero-order chi connectivity index (χ0) is 12.4. The molecule has 6 heteroatoms. The molecule has 0 unspecified atom stereocenters. The minimum Gasteiger partial charge on any atom is -0.743 e. The Hall–Kier alpha value is -0.230. The van der Waals surface area contributed by atoms with Crippen LogP contribution in [0.3, 0.4) is 0 Å². The van der Waals surface area contributed by atoms with E-state index in [1.165, 1.54) is 0 Å². The third-order valence-electron chi connectivity index (χ3n) is 4.95. The zero-order valence-electron chi connectivity index (χ0n) is 9.31. The Labute approximate surface area is 99.3 Å². The number of rotatable bonds is 2. The number of hydrogen-bond donors (Lipinski definition) is 0. The third-order valence-corrected chi connectivity index (χ3v) is 5.89. The van der Waals surface area contributed by atoms with Crippen molar-refractivity contribution < 1.29 is 21.8 Å². The molecule has 0 atom stereocenters. The Morgan fingerprint density at radius 2 is 1.35 bits per heavy atom. The molecular weight excluding hydrogens is 250 g/mol. The number of hydrogen-bond acceptors (Lipinski definition) is 3. The van der Waals surface area contributed by atoms with Gasteiger partial charge in [-0.05, 0) is 55.8 Å². The largest absolute Gasteiger partial charge is 0.743 e. The molecule has 0 aromatic carbocycles. The first-order valence-electron chi connectivity index (χ1n) is 6.12. The van der Waals surface area contributed by atoms with Gasteiger partial charge in [-0.25, -0.2) is 8.42 Å². The van der Waals surface area contributed by atoms with E-state index in [1.807, 2.05) is 0 Å². The van der Waals surface area contributed by atoms with Crippen molar-refractivity contribution in [1.29, 1.82) is 0 Å². The molecule has 4 aliphatic rings. The maximum Gasteiger partial charge on any atom is 0.337 e. The fourth-order valence-electron chi connectivity index (χ4n) is 4.64. The van der Waals surface area contributed by atoms with E-state index >= 15 is 0 Å². The molecule has 0 heterocycles. The monoisotopic (exact) mass is 265 g/mol. The molecule has 0 radical (unpaired) electrons. The van der Waals surface area contributed by atoms with Crippen molar-refractivity contribution in [3.63, 3.8) is 0 Å². The zero-order valence-corrected chi connectivity index (χ0v) is 10.1. The summed E-state index contributed by atoms with van der Waals surface area (Å²) in [6, 6.07) is 0. The molecule has 98 valence electrons. The van der Waals surface area contributed by atoms with Crippen LogP contribution in [0.15, 0.2) is 0 Å². The Bertz CT molecular complexity index is 404. The van der Waals surface area contributed by atoms with Crippen LogP contribution in [-0.2, 0) is 10.1 Å². The Morgan fingerprint density at radius 3 is 1.71 bits per heavy atom. The summed E-state index contributed by atoms with van der Waals surface area (Å²) >= 11 is 0. The lowest BCUT2D eigenvalue weighted by atomic mass is 9.52. The lowest BCUT2D eigenvalue weighted by molar-refractivity contribution is -0.126. The van der Waals surface area contributed by atoms with Crippen molar-refractivity contribution in [1.82, 2.24) is 0 Å². The predicted molar refractivity (Wildman–Crippen MR) is 55.2 cm³/mol. The highest BCUT2D eigenvalue weighted by atomic mass is 32.2. The summed E-state index contributed by atoms with van der Waals surface area (Å²) in [5, 5.41) is -4.07. The summed E-state index contributed by atoms with van der Waals surface area (Å²) in [4.78, 5) is 0. The molecule has 0 aromatic heterocycles. The van der Waals surface area contributed by atoms with Gasteiger partial charge < -0.3 is 4.55 Å². The van der Waals surface area contributed by atoms with Crippen molar-refractivity contribution in [3.05, 3.63) is 0 Å². The smallest absolute Gasteiger partial charge is 0.337 e. The van der Waals surface area contributed by atoms with Crippen molar-refractivity contribution in [2.75, 3.05) is 0 Å². The van der Waals surface area contributed by atoms with E-state index in [1.54, 1.807) is 0 Å². The number of halogens is 2. The van der Waals surface area contributed by atoms with E-state index in [0.717, 1.165) is 6.42 Å². The molecule has 0 saturated heterocycles. The topological polar surface area (TPSA) is 57.2 Å². The van der Waals surface area contributed by atoms with Crippen LogP contribution in [0.25, 0.3) is 0 Å². The van der Waals surface area contributed by atoms with Gasteiger partial charge in [-0.1, -0.05) is 0 Å². The molecule has 0 aliphatic heterocycles. The van der Waals surface area contributed by atoms with E-state index in [2.05, 4.69) is 0 Å². The summed E-state index contributed by atoms with van der Waals surface area (Å²) in [6.45, 7) is 0. The standard InChI is InChI=1S/C11H16F2O3S/c12-11(13,17(14,15)16)10-8-2-6-1-7(4-8)5-9(10)3-6/h6-10H,1-5H2,(H,14,15,16)/p-1. The fourth-order valence-corrected chi connectivity index (χ4v) is 5.36. The highest BCUT2D eigenvalue weighted by molar-refractivity contribution is 7.86. The highest BCUT2D eigenvalue weighted by Gasteiger charge is 2.59. The molecule has 4 fully saturated rings. The van der Waals surface area contributed by atoms with Gasteiger partial charge >= 0.3 is 5.25 Å². The Morgan fingerprint density at radius 1 is 0.941 bits per heavy atom. The second-order valence-corrected chi connectivity index (χ2v) is 7.42. The van der Waals surface area contributed by atoms with Gasteiger partial charge in [0, 0.05) is 5.92 Å². The van der Waals surface area contributed by atoms with Crippen LogP contribution in [0, 0.1) is 29.6 Å². The molecule has 0 N–H and O–H groups in total. The second kappa shape index (κ2) is 3.41. The average Bonchev–Trinajstić information content (AvgIpc) is 2.12. The molecule has 4 aliphatic carbocycles. The first-order valence-corrected chi connectivity index (χ1v) is 7.53. The van der Waals surface area contributed by atoms with Gasteiger partial charge in [-0.3, -0.25) is 0 Å². The maximum absolute atomic E-state index is 13.8. The summed E-state index contributed by atoms with van der Waals surface area (Å²) in [6.07, 6.45) is 3.84. The lowest BCUT2D eigenvalue weighted by Crippen LogP contribution is -2.54. The fraction of sp³-hybridized carbons (Fsp3) is 1.00. The molecule has 4 saturated carbocycles. The maximum atomic E-state index is 13.8. The summed E-state index contributed by atoms with van der Waals surface area (Å²) in [5.74, 6) is -0.773. The summed E-state index contributed by atoms with van der Waals surface area (Å²) < 4.78 is 59.9. The molecule has 4 rings (SSSR count). The summed E-state index contributed by atoms with van der Waals surface area (Å²) in [5.41, 5.74) is 0. The van der Waals surface area contributed by atoms with Crippen LogP contribution < -0.4 is 0 Å². The normalized spacial score (nSPS) is 45.2. The van der Waals surface area contributed by atoms with E-state index in [4.69, 9.17) is 0 Å². The van der Waals surface area contributed by atoms with Crippen LogP contribution in [0.1, 0.15) is 32.1 Å². The van der Waals surface area contributed by atoms with Crippen LogP contribution in [0.2, 0.25) is 0 Å². The second-order valence-electron chi connectivity index (χ2n) is 5.97. The van der Waals surface area contributed by atoms with E-state index in [0.29, 0.717) is 37.5 Å². The minimum atomic E-state index is -5.53. The van der Waals surface area contributed by atoms with Gasteiger partial charge in [0.2, 0.25) is 0 Å². The van der Waals surface area contributed by atoms with Gasteiger partial charge in [0.15, 0.2) is 10.1 Å². The SMILES string of the molecule is O=S(=O)([O-])C(F)(F)C1C2CC3CC(C2)CC1C3. The minimum absolute atomic E-state index is 0.259.